The highest BCUT2D eigenvalue weighted by atomic mass is 35.5. The van der Waals surface area contributed by atoms with E-state index in [9.17, 15) is 13.2 Å². The summed E-state index contributed by atoms with van der Waals surface area (Å²) < 4.78 is 37.3. The van der Waals surface area contributed by atoms with Crippen molar-refractivity contribution in [2.24, 2.45) is 0 Å². The molecule has 0 aliphatic rings. The molecule has 1 amide bonds. The lowest BCUT2D eigenvalue weighted by Gasteiger charge is -2.10. The van der Waals surface area contributed by atoms with E-state index < -0.39 is 10.0 Å². The van der Waals surface area contributed by atoms with Crippen LogP contribution in [0.5, 0.6) is 5.75 Å². The molecule has 2 aromatic rings. The van der Waals surface area contributed by atoms with E-state index >= 15 is 0 Å². The third kappa shape index (κ3) is 8.14. The van der Waals surface area contributed by atoms with Crippen molar-refractivity contribution in [3.8, 4) is 5.75 Å². The van der Waals surface area contributed by atoms with E-state index in [4.69, 9.17) is 21.1 Å². The predicted octanol–water partition coefficient (Wildman–Crippen LogP) is 3.36. The fourth-order valence-corrected chi connectivity index (χ4v) is 3.97. The maximum absolute atomic E-state index is 12.1. The molecule has 0 atom stereocenters. The Morgan fingerprint density at radius 3 is 2.32 bits per heavy atom. The van der Waals surface area contributed by atoms with Crippen molar-refractivity contribution >= 4 is 27.5 Å². The third-order valence-electron chi connectivity index (χ3n) is 4.55. The van der Waals surface area contributed by atoms with E-state index in [1.54, 1.807) is 12.1 Å². The molecule has 0 aliphatic carbocycles. The molecule has 9 heteroatoms. The second-order valence-electron chi connectivity index (χ2n) is 7.13. The SMILES string of the molecule is COCCNS(=O)(=O)c1ccc(CNC(=O)CCCOc2cc(C)c(Cl)c(C)c2)cc1. The van der Waals surface area contributed by atoms with Crippen molar-refractivity contribution in [2.75, 3.05) is 26.9 Å². The number of hydrogen-bond acceptors (Lipinski definition) is 5. The molecular weight excluding hydrogens is 440 g/mol. The fourth-order valence-electron chi connectivity index (χ4n) is 2.85. The quantitative estimate of drug-likeness (QED) is 0.466. The Bertz CT molecular complexity index is 955. The van der Waals surface area contributed by atoms with E-state index in [1.165, 1.54) is 19.2 Å². The summed E-state index contributed by atoms with van der Waals surface area (Å²) in [6.45, 7) is 5.11. The van der Waals surface area contributed by atoms with Crippen LogP contribution in [0.3, 0.4) is 0 Å². The highest BCUT2D eigenvalue weighted by Crippen LogP contribution is 2.25. The number of ether oxygens (including phenoxy) is 2. The van der Waals surface area contributed by atoms with Gasteiger partial charge in [0, 0.05) is 31.6 Å². The van der Waals surface area contributed by atoms with Crippen LogP contribution in [0.2, 0.25) is 5.02 Å². The number of carbonyl (C=O) groups excluding carboxylic acids is 1. The molecule has 0 unspecified atom stereocenters. The molecule has 2 N–H and O–H groups in total. The van der Waals surface area contributed by atoms with Crippen molar-refractivity contribution in [1.29, 1.82) is 0 Å². The van der Waals surface area contributed by atoms with Crippen molar-refractivity contribution in [3.63, 3.8) is 0 Å². The molecule has 2 aromatic carbocycles. The molecule has 0 spiro atoms. The van der Waals surface area contributed by atoms with Crippen LogP contribution in [0.1, 0.15) is 29.5 Å². The summed E-state index contributed by atoms with van der Waals surface area (Å²) in [5, 5.41) is 3.57. The summed E-state index contributed by atoms with van der Waals surface area (Å²) in [7, 11) is -2.06. The molecular formula is C22H29ClN2O5S. The van der Waals surface area contributed by atoms with Crippen molar-refractivity contribution in [1.82, 2.24) is 10.0 Å². The summed E-state index contributed by atoms with van der Waals surface area (Å²) in [4.78, 5) is 12.2. The van der Waals surface area contributed by atoms with Gasteiger partial charge in [0.1, 0.15) is 5.75 Å². The molecule has 0 bridgehead atoms. The standard InChI is InChI=1S/C22H29ClN2O5S/c1-16-13-19(14-17(2)22(16)23)30-11-4-5-21(26)24-15-18-6-8-20(9-7-18)31(27,28)25-10-12-29-3/h6-9,13-14,25H,4-5,10-12,15H2,1-3H3,(H,24,26). The number of methoxy groups -OCH3 is 1. The number of hydrogen-bond donors (Lipinski definition) is 2. The normalized spacial score (nSPS) is 11.4. The molecule has 0 heterocycles. The monoisotopic (exact) mass is 468 g/mol. The summed E-state index contributed by atoms with van der Waals surface area (Å²) in [6.07, 6.45) is 0.915. The zero-order valence-corrected chi connectivity index (χ0v) is 19.6. The summed E-state index contributed by atoms with van der Waals surface area (Å²) >= 11 is 6.15. The Morgan fingerprint density at radius 1 is 1.06 bits per heavy atom. The lowest BCUT2D eigenvalue weighted by Crippen LogP contribution is -2.27. The van der Waals surface area contributed by atoms with Gasteiger partial charge in [-0.05, 0) is 61.2 Å². The highest BCUT2D eigenvalue weighted by molar-refractivity contribution is 7.89. The average molecular weight is 469 g/mol. The second kappa shape index (κ2) is 12.0. The van der Waals surface area contributed by atoms with Crippen LogP contribution in [0, 0.1) is 13.8 Å². The lowest BCUT2D eigenvalue weighted by atomic mass is 10.1. The van der Waals surface area contributed by atoms with Crippen LogP contribution < -0.4 is 14.8 Å². The van der Waals surface area contributed by atoms with Crippen LogP contribution in [0.15, 0.2) is 41.3 Å². The fraction of sp³-hybridized carbons (Fsp3) is 0.409. The van der Waals surface area contributed by atoms with Crippen LogP contribution in [0.25, 0.3) is 0 Å². The molecule has 0 saturated heterocycles. The molecule has 170 valence electrons. The first-order chi connectivity index (χ1) is 14.7. The van der Waals surface area contributed by atoms with E-state index in [1.807, 2.05) is 26.0 Å². The highest BCUT2D eigenvalue weighted by Gasteiger charge is 2.13. The van der Waals surface area contributed by atoms with Gasteiger partial charge in [0.15, 0.2) is 0 Å². The van der Waals surface area contributed by atoms with Crippen molar-refractivity contribution in [2.45, 2.75) is 38.1 Å². The average Bonchev–Trinajstić information content (AvgIpc) is 2.74. The van der Waals surface area contributed by atoms with Gasteiger partial charge in [-0.25, -0.2) is 13.1 Å². The van der Waals surface area contributed by atoms with E-state index in [2.05, 4.69) is 10.0 Å². The van der Waals surface area contributed by atoms with Gasteiger partial charge in [0.25, 0.3) is 0 Å². The Kier molecular flexibility index (Phi) is 9.77. The topological polar surface area (TPSA) is 93.7 Å². The van der Waals surface area contributed by atoms with E-state index in [-0.39, 0.29) is 17.3 Å². The van der Waals surface area contributed by atoms with Crippen LogP contribution in [-0.2, 0) is 26.1 Å². The molecule has 7 nitrogen and oxygen atoms in total. The molecule has 0 aromatic heterocycles. The Balaban J connectivity index is 1.72. The van der Waals surface area contributed by atoms with Gasteiger partial charge in [-0.2, -0.15) is 0 Å². The van der Waals surface area contributed by atoms with Crippen LogP contribution in [0.4, 0.5) is 0 Å². The van der Waals surface area contributed by atoms with Gasteiger partial charge >= 0.3 is 0 Å². The van der Waals surface area contributed by atoms with Gasteiger partial charge in [0.05, 0.1) is 18.1 Å². The maximum Gasteiger partial charge on any atom is 0.240 e. The summed E-state index contributed by atoms with van der Waals surface area (Å²) in [5.41, 5.74) is 2.73. The maximum atomic E-state index is 12.1. The van der Waals surface area contributed by atoms with Gasteiger partial charge in [-0.3, -0.25) is 4.79 Å². The molecule has 0 fully saturated rings. The number of sulfonamides is 1. The molecule has 0 saturated carbocycles. The van der Waals surface area contributed by atoms with Gasteiger partial charge < -0.3 is 14.8 Å². The van der Waals surface area contributed by atoms with Crippen LogP contribution in [-0.4, -0.2) is 41.2 Å². The largest absolute Gasteiger partial charge is 0.494 e. The molecule has 0 radical (unpaired) electrons. The van der Waals surface area contributed by atoms with Crippen molar-refractivity contribution in [3.05, 3.63) is 58.1 Å². The number of amides is 1. The van der Waals surface area contributed by atoms with Crippen molar-refractivity contribution < 1.29 is 22.7 Å². The lowest BCUT2D eigenvalue weighted by molar-refractivity contribution is -0.121. The first kappa shape index (κ1) is 25.1. The number of halogens is 1. The van der Waals surface area contributed by atoms with Gasteiger partial charge in [-0.1, -0.05) is 23.7 Å². The Hall–Kier alpha value is -2.13. The molecule has 2 rings (SSSR count). The number of nitrogens with one attached hydrogen (secondary N) is 2. The van der Waals surface area contributed by atoms with Gasteiger partial charge in [0.2, 0.25) is 15.9 Å². The smallest absolute Gasteiger partial charge is 0.240 e. The minimum Gasteiger partial charge on any atom is -0.494 e. The minimum absolute atomic E-state index is 0.0926. The van der Waals surface area contributed by atoms with Crippen LogP contribution >= 0.6 is 11.6 Å². The molecule has 0 aliphatic heterocycles. The van der Waals surface area contributed by atoms with Gasteiger partial charge in [-0.15, -0.1) is 0 Å². The number of carbonyl (C=O) groups is 1. The number of rotatable bonds is 12. The van der Waals surface area contributed by atoms with E-state index in [0.717, 1.165) is 27.5 Å². The summed E-state index contributed by atoms with van der Waals surface area (Å²) in [5.74, 6) is 0.650. The second-order valence-corrected chi connectivity index (χ2v) is 9.28. The predicted molar refractivity (Wildman–Crippen MR) is 121 cm³/mol. The Morgan fingerprint density at radius 2 is 1.71 bits per heavy atom. The third-order valence-corrected chi connectivity index (χ3v) is 6.62. The first-order valence-electron chi connectivity index (χ1n) is 9.96. The number of aryl methyl sites for hydroxylation is 2. The minimum atomic E-state index is -3.56. The summed E-state index contributed by atoms with van der Waals surface area (Å²) in [6, 6.07) is 10.2. The Labute approximate surface area is 189 Å². The zero-order valence-electron chi connectivity index (χ0n) is 18.0. The van der Waals surface area contributed by atoms with E-state index in [0.29, 0.717) is 32.6 Å². The zero-order chi connectivity index (χ0) is 22.9. The molecule has 31 heavy (non-hydrogen) atoms. The first-order valence-corrected chi connectivity index (χ1v) is 11.8. The number of benzene rings is 2.